The lowest BCUT2D eigenvalue weighted by molar-refractivity contribution is -0.136. The van der Waals surface area contributed by atoms with Crippen molar-refractivity contribution < 1.29 is 19.1 Å². The molecule has 0 aromatic carbocycles. The number of nitrogens with one attached hydrogen (secondary N) is 1. The van der Waals surface area contributed by atoms with Gasteiger partial charge >= 0.3 is 6.09 Å². The van der Waals surface area contributed by atoms with Crippen LogP contribution in [0.1, 0.15) is 38.5 Å². The number of carbonyl (C=O) groups is 3. The monoisotopic (exact) mass is 307 g/mol. The van der Waals surface area contributed by atoms with Gasteiger partial charge in [0.2, 0.25) is 11.8 Å². The van der Waals surface area contributed by atoms with E-state index in [1.165, 1.54) is 17.7 Å². The molecule has 7 nitrogen and oxygen atoms in total. The van der Waals surface area contributed by atoms with Gasteiger partial charge in [0, 0.05) is 6.54 Å². The quantitative estimate of drug-likeness (QED) is 0.770. The minimum Gasteiger partial charge on any atom is -0.446 e. The van der Waals surface area contributed by atoms with Crippen molar-refractivity contribution in [2.75, 3.05) is 13.1 Å². The van der Waals surface area contributed by atoms with Crippen molar-refractivity contribution in [3.8, 4) is 0 Å². The van der Waals surface area contributed by atoms with Gasteiger partial charge in [0.05, 0.1) is 0 Å². The van der Waals surface area contributed by atoms with Crippen molar-refractivity contribution in [2.45, 2.75) is 50.7 Å². The van der Waals surface area contributed by atoms with Crippen molar-refractivity contribution >= 4 is 17.9 Å². The third-order valence-corrected chi connectivity index (χ3v) is 6.02. The van der Waals surface area contributed by atoms with Crippen LogP contribution in [0.25, 0.3) is 0 Å². The molecule has 3 aliphatic carbocycles. The van der Waals surface area contributed by atoms with Gasteiger partial charge < -0.3 is 20.7 Å². The Morgan fingerprint density at radius 1 is 1.23 bits per heavy atom. The van der Waals surface area contributed by atoms with Crippen LogP contribution in [0.3, 0.4) is 0 Å². The molecule has 7 heteroatoms. The molecule has 22 heavy (non-hydrogen) atoms. The lowest BCUT2D eigenvalue weighted by Crippen LogP contribution is -2.47. The van der Waals surface area contributed by atoms with Gasteiger partial charge in [-0.3, -0.25) is 9.59 Å². The molecule has 1 atom stereocenters. The van der Waals surface area contributed by atoms with Crippen LogP contribution >= 0.6 is 0 Å². The zero-order valence-corrected chi connectivity index (χ0v) is 12.5. The highest BCUT2D eigenvalue weighted by Crippen LogP contribution is 2.93. The minimum atomic E-state index is -0.544. The van der Waals surface area contributed by atoms with Gasteiger partial charge in [-0.25, -0.2) is 4.79 Å². The van der Waals surface area contributed by atoms with Crippen LogP contribution < -0.4 is 11.1 Å². The highest BCUT2D eigenvalue weighted by molar-refractivity contribution is 5.89. The summed E-state index contributed by atoms with van der Waals surface area (Å²) in [5, 5.41) is 2.50. The summed E-state index contributed by atoms with van der Waals surface area (Å²) < 4.78 is 5.38. The Bertz CT molecular complexity index is 539. The van der Waals surface area contributed by atoms with Gasteiger partial charge in [-0.1, -0.05) is 0 Å². The third-order valence-electron chi connectivity index (χ3n) is 6.02. The van der Waals surface area contributed by atoms with E-state index < -0.39 is 18.0 Å². The van der Waals surface area contributed by atoms with Gasteiger partial charge in [-0.15, -0.1) is 0 Å². The third kappa shape index (κ3) is 1.98. The number of nitrogens with zero attached hydrogens (tertiary/aromatic N) is 1. The molecule has 0 aromatic heterocycles. The smallest absolute Gasteiger partial charge is 0.407 e. The fraction of sp³-hybridized carbons (Fsp3) is 0.800. The number of amides is 3. The summed E-state index contributed by atoms with van der Waals surface area (Å²) >= 11 is 0. The molecule has 4 rings (SSSR count). The van der Waals surface area contributed by atoms with Crippen LogP contribution in [0, 0.1) is 10.8 Å². The second kappa shape index (κ2) is 4.36. The van der Waals surface area contributed by atoms with E-state index in [4.69, 9.17) is 10.5 Å². The minimum absolute atomic E-state index is 0.00255. The van der Waals surface area contributed by atoms with Crippen molar-refractivity contribution in [3.05, 3.63) is 0 Å². The summed E-state index contributed by atoms with van der Waals surface area (Å²) in [6.45, 7) is 0.364. The highest BCUT2D eigenvalue weighted by atomic mass is 16.6. The number of rotatable bonds is 4. The topological polar surface area (TPSA) is 102 Å². The fourth-order valence-electron chi connectivity index (χ4n) is 4.71. The number of nitrogens with two attached hydrogens (primary N) is 1. The molecular weight excluding hydrogens is 286 g/mol. The number of carbonyl (C=O) groups excluding carboxylic acids is 3. The van der Waals surface area contributed by atoms with Gasteiger partial charge in [-0.2, -0.15) is 0 Å². The molecular formula is C15H21N3O4. The van der Waals surface area contributed by atoms with Gasteiger partial charge in [-0.05, 0) is 49.4 Å². The van der Waals surface area contributed by atoms with Crippen molar-refractivity contribution in [3.63, 3.8) is 0 Å². The molecule has 120 valence electrons. The Morgan fingerprint density at radius 2 is 1.91 bits per heavy atom. The Balaban J connectivity index is 1.21. The standard InChI is InChI=1S/C15H21N3O4/c16-12(20)10-2-1-3-18(10)11(19)6-17-13(21)22-9-4-14-7-15(14,5-9)8-14/h9-10H,1-8H2,(H2,16,20)(H,17,21)/t9?,10-,14?,15?/m0/s1. The molecule has 3 amide bonds. The molecule has 4 fully saturated rings. The normalized spacial score (nSPS) is 40.6. The van der Waals surface area contributed by atoms with E-state index in [1.54, 1.807) is 0 Å². The Labute approximate surface area is 128 Å². The highest BCUT2D eigenvalue weighted by Gasteiger charge is 2.86. The number of ether oxygens (including phenoxy) is 1. The fourth-order valence-corrected chi connectivity index (χ4v) is 4.71. The van der Waals surface area contributed by atoms with Crippen LogP contribution in [0.5, 0.6) is 0 Å². The lowest BCUT2D eigenvalue weighted by atomic mass is 9.98. The first-order valence-corrected chi connectivity index (χ1v) is 7.98. The molecule has 0 aromatic rings. The molecule has 0 bridgehead atoms. The molecule has 3 N–H and O–H groups in total. The molecule has 1 aliphatic heterocycles. The van der Waals surface area contributed by atoms with E-state index in [-0.39, 0.29) is 18.6 Å². The number of likely N-dealkylation sites (tertiary alicyclic amines) is 1. The first-order chi connectivity index (χ1) is 10.4. The zero-order valence-electron chi connectivity index (χ0n) is 12.5. The molecule has 0 radical (unpaired) electrons. The van der Waals surface area contributed by atoms with E-state index in [2.05, 4.69) is 5.32 Å². The Morgan fingerprint density at radius 3 is 2.55 bits per heavy atom. The van der Waals surface area contributed by atoms with Crippen LogP contribution in [-0.4, -0.2) is 48.0 Å². The number of hydrogen-bond donors (Lipinski definition) is 2. The number of hydrogen-bond acceptors (Lipinski definition) is 4. The molecule has 1 saturated heterocycles. The van der Waals surface area contributed by atoms with Crippen LogP contribution in [-0.2, 0) is 14.3 Å². The van der Waals surface area contributed by atoms with Crippen LogP contribution in [0.15, 0.2) is 0 Å². The van der Waals surface area contributed by atoms with Gasteiger partial charge in [0.25, 0.3) is 0 Å². The Kier molecular flexibility index (Phi) is 2.75. The largest absolute Gasteiger partial charge is 0.446 e. The van der Waals surface area contributed by atoms with E-state index >= 15 is 0 Å². The summed E-state index contributed by atoms with van der Waals surface area (Å²) in [5.74, 6) is -0.774. The van der Waals surface area contributed by atoms with Crippen LogP contribution in [0.4, 0.5) is 4.79 Å². The molecule has 4 aliphatic rings. The van der Waals surface area contributed by atoms with Gasteiger partial charge in [0.1, 0.15) is 18.7 Å². The second-order valence-corrected chi connectivity index (χ2v) is 7.35. The van der Waals surface area contributed by atoms with E-state index in [0.717, 1.165) is 19.3 Å². The Hall–Kier alpha value is -1.79. The maximum Gasteiger partial charge on any atom is 0.407 e. The first-order valence-electron chi connectivity index (χ1n) is 7.98. The summed E-state index contributed by atoms with van der Waals surface area (Å²) in [4.78, 5) is 36.6. The van der Waals surface area contributed by atoms with Crippen molar-refractivity contribution in [1.29, 1.82) is 0 Å². The first kappa shape index (κ1) is 13.8. The molecule has 0 unspecified atom stereocenters. The number of alkyl carbamates (subject to hydrolysis) is 1. The van der Waals surface area contributed by atoms with Crippen molar-refractivity contribution in [2.24, 2.45) is 16.6 Å². The van der Waals surface area contributed by atoms with E-state index in [9.17, 15) is 14.4 Å². The maximum absolute atomic E-state index is 12.1. The number of primary amides is 1. The summed E-state index contributed by atoms with van der Waals surface area (Å²) in [6.07, 6.45) is 5.39. The SMILES string of the molecule is NC(=O)[C@@H]1CCCN1C(=O)CNC(=O)OC1CC23CC2(C1)C3. The second-order valence-electron chi connectivity index (χ2n) is 7.35. The average molecular weight is 307 g/mol. The van der Waals surface area contributed by atoms with Crippen molar-refractivity contribution in [1.82, 2.24) is 10.2 Å². The predicted octanol–water partition coefficient (Wildman–Crippen LogP) is 0.131. The predicted molar refractivity (Wildman–Crippen MR) is 75.5 cm³/mol. The average Bonchev–Trinajstić information content (AvgIpc) is 3.01. The summed E-state index contributed by atoms with van der Waals surface area (Å²) in [5.41, 5.74) is 6.30. The molecule has 0 spiro atoms. The lowest BCUT2D eigenvalue weighted by Gasteiger charge is -2.23. The van der Waals surface area contributed by atoms with E-state index in [0.29, 0.717) is 23.8 Å². The van der Waals surface area contributed by atoms with Crippen LogP contribution in [0.2, 0.25) is 0 Å². The molecule has 1 heterocycles. The zero-order chi connectivity index (χ0) is 15.5. The molecule has 3 saturated carbocycles. The van der Waals surface area contributed by atoms with E-state index in [1.807, 2.05) is 0 Å². The summed E-state index contributed by atoms with van der Waals surface area (Å²) in [6, 6.07) is -0.544. The van der Waals surface area contributed by atoms with Gasteiger partial charge in [0.15, 0.2) is 0 Å². The summed E-state index contributed by atoms with van der Waals surface area (Å²) in [7, 11) is 0. The maximum atomic E-state index is 12.1.